The first kappa shape index (κ1) is 10.9. The summed E-state index contributed by atoms with van der Waals surface area (Å²) in [6.07, 6.45) is 3.85. The van der Waals surface area contributed by atoms with Crippen molar-refractivity contribution < 1.29 is 4.79 Å². The zero-order valence-electron chi connectivity index (χ0n) is 9.64. The molecule has 0 atom stereocenters. The van der Waals surface area contributed by atoms with Crippen LogP contribution in [0.3, 0.4) is 0 Å². The van der Waals surface area contributed by atoms with E-state index in [4.69, 9.17) is 0 Å². The van der Waals surface area contributed by atoms with Gasteiger partial charge in [-0.1, -0.05) is 0 Å². The Hall–Kier alpha value is -1.58. The summed E-state index contributed by atoms with van der Waals surface area (Å²) in [5.74, 6) is 0.00783. The van der Waals surface area contributed by atoms with Crippen molar-refractivity contribution >= 4 is 5.91 Å². The number of carbonyl (C=O) groups excluding carboxylic acids is 1. The van der Waals surface area contributed by atoms with Crippen LogP contribution in [0.5, 0.6) is 0 Å². The van der Waals surface area contributed by atoms with Gasteiger partial charge >= 0.3 is 0 Å². The van der Waals surface area contributed by atoms with E-state index in [2.05, 4.69) is 0 Å². The molecule has 0 radical (unpaired) electrons. The summed E-state index contributed by atoms with van der Waals surface area (Å²) in [6, 6.07) is 3.78. The van der Waals surface area contributed by atoms with Crippen molar-refractivity contribution in [1.82, 2.24) is 9.47 Å². The SMILES string of the molecule is Cc1ccn(CC(=O)N(C)C2CC2)c(=O)c1. The van der Waals surface area contributed by atoms with Gasteiger partial charge < -0.3 is 9.47 Å². The fraction of sp³-hybridized carbons (Fsp3) is 0.500. The highest BCUT2D eigenvalue weighted by atomic mass is 16.2. The third-order valence-electron chi connectivity index (χ3n) is 2.95. The van der Waals surface area contributed by atoms with Crippen LogP contribution in [-0.2, 0) is 11.3 Å². The normalized spacial score (nSPS) is 14.9. The molecule has 16 heavy (non-hydrogen) atoms. The first-order valence-electron chi connectivity index (χ1n) is 5.50. The predicted molar refractivity (Wildman–Crippen MR) is 61.2 cm³/mol. The van der Waals surface area contributed by atoms with Gasteiger partial charge in [-0.3, -0.25) is 9.59 Å². The van der Waals surface area contributed by atoms with Crippen LogP contribution in [0.4, 0.5) is 0 Å². The molecular weight excluding hydrogens is 204 g/mol. The fourth-order valence-corrected chi connectivity index (χ4v) is 1.66. The van der Waals surface area contributed by atoms with Crippen molar-refractivity contribution in [2.45, 2.75) is 32.4 Å². The van der Waals surface area contributed by atoms with Gasteiger partial charge in [-0.15, -0.1) is 0 Å². The molecule has 1 heterocycles. The number of hydrogen-bond acceptors (Lipinski definition) is 2. The molecule has 4 heteroatoms. The highest BCUT2D eigenvalue weighted by Gasteiger charge is 2.29. The van der Waals surface area contributed by atoms with E-state index in [1.54, 1.807) is 24.2 Å². The number of aryl methyl sites for hydroxylation is 1. The monoisotopic (exact) mass is 220 g/mol. The average Bonchev–Trinajstić information content (AvgIpc) is 3.04. The smallest absolute Gasteiger partial charge is 0.251 e. The Kier molecular flexibility index (Phi) is 2.81. The number of pyridine rings is 1. The number of carbonyl (C=O) groups is 1. The summed E-state index contributed by atoms with van der Waals surface area (Å²) in [7, 11) is 1.80. The van der Waals surface area contributed by atoms with Crippen LogP contribution >= 0.6 is 0 Å². The van der Waals surface area contributed by atoms with E-state index in [0.29, 0.717) is 6.04 Å². The molecule has 0 aliphatic heterocycles. The maximum absolute atomic E-state index is 11.8. The van der Waals surface area contributed by atoms with Crippen LogP contribution in [0.25, 0.3) is 0 Å². The average molecular weight is 220 g/mol. The lowest BCUT2D eigenvalue weighted by Gasteiger charge is -2.16. The van der Waals surface area contributed by atoms with Crippen LogP contribution in [0, 0.1) is 6.92 Å². The van der Waals surface area contributed by atoms with Crippen LogP contribution in [-0.4, -0.2) is 28.5 Å². The highest BCUT2D eigenvalue weighted by Crippen LogP contribution is 2.25. The van der Waals surface area contributed by atoms with E-state index in [1.807, 2.05) is 13.0 Å². The molecule has 4 nitrogen and oxygen atoms in total. The van der Waals surface area contributed by atoms with E-state index in [-0.39, 0.29) is 18.0 Å². The number of likely N-dealkylation sites (N-methyl/N-ethyl adjacent to an activating group) is 1. The molecule has 1 aliphatic carbocycles. The minimum atomic E-state index is -0.113. The summed E-state index contributed by atoms with van der Waals surface area (Å²) >= 11 is 0. The molecule has 0 spiro atoms. The minimum Gasteiger partial charge on any atom is -0.341 e. The highest BCUT2D eigenvalue weighted by molar-refractivity contribution is 5.76. The maximum Gasteiger partial charge on any atom is 0.251 e. The van der Waals surface area contributed by atoms with Gasteiger partial charge in [0.15, 0.2) is 0 Å². The number of hydrogen-bond donors (Lipinski definition) is 0. The summed E-state index contributed by atoms with van der Waals surface area (Å²) in [4.78, 5) is 25.1. The molecule has 0 aromatic carbocycles. The van der Waals surface area contributed by atoms with Crippen LogP contribution in [0.1, 0.15) is 18.4 Å². The van der Waals surface area contributed by atoms with E-state index in [1.165, 1.54) is 4.57 Å². The number of amides is 1. The van der Waals surface area contributed by atoms with Crippen LogP contribution in [0.2, 0.25) is 0 Å². The maximum atomic E-state index is 11.8. The molecule has 1 amide bonds. The molecule has 2 rings (SSSR count). The van der Waals surface area contributed by atoms with Crippen molar-refractivity contribution in [2.75, 3.05) is 7.05 Å². The first-order chi connectivity index (χ1) is 7.58. The largest absolute Gasteiger partial charge is 0.341 e. The van der Waals surface area contributed by atoms with Crippen molar-refractivity contribution in [3.05, 3.63) is 34.2 Å². The van der Waals surface area contributed by atoms with Crippen molar-refractivity contribution in [1.29, 1.82) is 0 Å². The van der Waals surface area contributed by atoms with Gasteiger partial charge in [-0.25, -0.2) is 0 Å². The number of aromatic nitrogens is 1. The predicted octanol–water partition coefficient (Wildman–Crippen LogP) is 0.778. The molecule has 0 N–H and O–H groups in total. The van der Waals surface area contributed by atoms with Crippen molar-refractivity contribution in [2.24, 2.45) is 0 Å². The minimum absolute atomic E-state index is 0.00783. The summed E-state index contributed by atoms with van der Waals surface area (Å²) in [5.41, 5.74) is 0.807. The molecule has 1 fully saturated rings. The second-order valence-corrected chi connectivity index (χ2v) is 4.41. The lowest BCUT2D eigenvalue weighted by molar-refractivity contribution is -0.131. The van der Waals surface area contributed by atoms with Gasteiger partial charge in [-0.2, -0.15) is 0 Å². The molecular formula is C12H16N2O2. The zero-order chi connectivity index (χ0) is 11.7. The summed E-state index contributed by atoms with van der Waals surface area (Å²) in [6.45, 7) is 2.01. The second-order valence-electron chi connectivity index (χ2n) is 4.41. The molecule has 0 unspecified atom stereocenters. The summed E-state index contributed by atoms with van der Waals surface area (Å²) in [5, 5.41) is 0. The zero-order valence-corrected chi connectivity index (χ0v) is 9.64. The third-order valence-corrected chi connectivity index (χ3v) is 2.95. The molecule has 1 aromatic heterocycles. The first-order valence-corrected chi connectivity index (χ1v) is 5.50. The lowest BCUT2D eigenvalue weighted by atomic mass is 10.3. The Labute approximate surface area is 94.5 Å². The molecule has 86 valence electrons. The Morgan fingerprint density at radius 3 is 2.81 bits per heavy atom. The molecule has 1 aromatic rings. The molecule has 1 aliphatic rings. The van der Waals surface area contributed by atoms with E-state index >= 15 is 0 Å². The topological polar surface area (TPSA) is 42.3 Å². The van der Waals surface area contributed by atoms with Gasteiger partial charge in [0.05, 0.1) is 0 Å². The van der Waals surface area contributed by atoms with Gasteiger partial charge in [-0.05, 0) is 31.4 Å². The molecule has 0 saturated heterocycles. The third kappa shape index (κ3) is 2.32. The van der Waals surface area contributed by atoms with E-state index in [0.717, 1.165) is 18.4 Å². The lowest BCUT2D eigenvalue weighted by Crippen LogP contribution is -2.34. The quantitative estimate of drug-likeness (QED) is 0.755. The van der Waals surface area contributed by atoms with E-state index < -0.39 is 0 Å². The van der Waals surface area contributed by atoms with Crippen molar-refractivity contribution in [3.8, 4) is 0 Å². The standard InChI is InChI=1S/C12H16N2O2/c1-9-5-6-14(11(15)7-9)8-12(16)13(2)10-3-4-10/h5-7,10H,3-4,8H2,1-2H3. The summed E-state index contributed by atoms with van der Waals surface area (Å²) < 4.78 is 1.45. The Morgan fingerprint density at radius 2 is 2.25 bits per heavy atom. The van der Waals surface area contributed by atoms with Gasteiger partial charge in [0, 0.05) is 25.4 Å². The molecule has 1 saturated carbocycles. The van der Waals surface area contributed by atoms with Gasteiger partial charge in [0.2, 0.25) is 5.91 Å². The van der Waals surface area contributed by atoms with Gasteiger partial charge in [0.25, 0.3) is 5.56 Å². The second kappa shape index (κ2) is 4.12. The van der Waals surface area contributed by atoms with Crippen LogP contribution in [0.15, 0.2) is 23.1 Å². The Morgan fingerprint density at radius 1 is 1.56 bits per heavy atom. The van der Waals surface area contributed by atoms with Crippen LogP contribution < -0.4 is 5.56 Å². The number of nitrogens with zero attached hydrogens (tertiary/aromatic N) is 2. The Bertz CT molecular complexity index is 460. The van der Waals surface area contributed by atoms with Gasteiger partial charge in [0.1, 0.15) is 6.54 Å². The molecule has 0 bridgehead atoms. The van der Waals surface area contributed by atoms with Crippen molar-refractivity contribution in [3.63, 3.8) is 0 Å². The number of rotatable bonds is 3. The fourth-order valence-electron chi connectivity index (χ4n) is 1.66. The Balaban J connectivity index is 2.08. The van der Waals surface area contributed by atoms with E-state index in [9.17, 15) is 9.59 Å².